The van der Waals surface area contributed by atoms with Crippen LogP contribution in [0.1, 0.15) is 31.9 Å². The Bertz CT molecular complexity index is 368. The van der Waals surface area contributed by atoms with Gasteiger partial charge in [0.25, 0.3) is 0 Å². The maximum atomic E-state index is 6.08. The predicted octanol–water partition coefficient (Wildman–Crippen LogP) is 3.43. The molecule has 0 spiro atoms. The fraction of sp³-hybridized carbons (Fsp3) is 0.455. The van der Waals surface area contributed by atoms with Gasteiger partial charge >= 0.3 is 0 Å². The van der Waals surface area contributed by atoms with Crippen LogP contribution in [0.15, 0.2) is 22.7 Å². The summed E-state index contributed by atoms with van der Waals surface area (Å²) in [4.78, 5) is 0. The molecule has 0 saturated heterocycles. The zero-order valence-corrected chi connectivity index (χ0v) is 11.2. The number of rotatable bonds is 0. The number of ether oxygens (including phenoxy) is 1. The van der Waals surface area contributed by atoms with Gasteiger partial charge in [0, 0.05) is 22.5 Å². The largest absolute Gasteiger partial charge is 0.487 e. The highest BCUT2D eigenvalue weighted by molar-refractivity contribution is 9.10. The first-order chi connectivity index (χ1) is 6.48. The molecule has 1 aromatic rings. The van der Waals surface area contributed by atoms with E-state index in [1.165, 1.54) is 0 Å². The van der Waals surface area contributed by atoms with Crippen LogP contribution in [0, 0.1) is 0 Å². The van der Waals surface area contributed by atoms with Gasteiger partial charge in [0.15, 0.2) is 0 Å². The average molecular weight is 293 g/mol. The van der Waals surface area contributed by atoms with Crippen LogP contribution in [-0.2, 0) is 0 Å². The molecule has 0 aliphatic carbocycles. The minimum atomic E-state index is -0.160. The first-order valence-electron chi connectivity index (χ1n) is 4.72. The lowest BCUT2D eigenvalue weighted by Gasteiger charge is -2.36. The van der Waals surface area contributed by atoms with Gasteiger partial charge in [0.05, 0.1) is 0 Å². The molecule has 0 saturated carbocycles. The number of benzene rings is 1. The molecular weight excluding hydrogens is 277 g/mol. The van der Waals surface area contributed by atoms with E-state index in [1.54, 1.807) is 0 Å². The molecule has 0 bridgehead atoms. The predicted molar refractivity (Wildman–Crippen MR) is 67.6 cm³/mol. The average Bonchev–Trinajstić information content (AvgIpc) is 2.00. The quantitative estimate of drug-likeness (QED) is 0.795. The van der Waals surface area contributed by atoms with Gasteiger partial charge in [-0.25, -0.2) is 0 Å². The van der Waals surface area contributed by atoms with Crippen molar-refractivity contribution in [2.75, 3.05) is 0 Å². The lowest BCUT2D eigenvalue weighted by Crippen LogP contribution is -2.37. The van der Waals surface area contributed by atoms with Crippen molar-refractivity contribution in [3.63, 3.8) is 0 Å². The minimum absolute atomic E-state index is 0. The summed E-state index contributed by atoms with van der Waals surface area (Å²) in [7, 11) is 0. The number of hydrogen-bond acceptors (Lipinski definition) is 2. The molecule has 84 valence electrons. The Balaban J connectivity index is 0.00000112. The van der Waals surface area contributed by atoms with Crippen molar-refractivity contribution in [3.05, 3.63) is 28.2 Å². The summed E-state index contributed by atoms with van der Waals surface area (Å²) in [6.45, 7) is 4.13. The van der Waals surface area contributed by atoms with Gasteiger partial charge < -0.3 is 10.5 Å². The summed E-state index contributed by atoms with van der Waals surface area (Å²) in [5.74, 6) is 0.906. The van der Waals surface area contributed by atoms with Crippen molar-refractivity contribution in [1.82, 2.24) is 0 Å². The number of hydrogen-bond donors (Lipinski definition) is 1. The molecule has 1 atom stereocenters. The lowest BCUT2D eigenvalue weighted by molar-refractivity contribution is 0.0728. The Kier molecular flexibility index (Phi) is 3.69. The second kappa shape index (κ2) is 4.32. The Morgan fingerprint density at radius 1 is 1.47 bits per heavy atom. The first kappa shape index (κ1) is 12.8. The molecule has 2 N–H and O–H groups in total. The maximum Gasteiger partial charge on any atom is 0.126 e. The topological polar surface area (TPSA) is 35.2 Å². The van der Waals surface area contributed by atoms with Crippen LogP contribution in [0.5, 0.6) is 5.75 Å². The van der Waals surface area contributed by atoms with Crippen LogP contribution < -0.4 is 10.5 Å². The fourth-order valence-electron chi connectivity index (χ4n) is 1.88. The summed E-state index contributed by atoms with van der Waals surface area (Å²) in [5, 5.41) is 0. The first-order valence-corrected chi connectivity index (χ1v) is 5.51. The molecule has 4 heteroatoms. The lowest BCUT2D eigenvalue weighted by atomic mass is 9.90. The Labute approximate surface area is 105 Å². The summed E-state index contributed by atoms with van der Waals surface area (Å²) in [6.07, 6.45) is 0.863. The zero-order valence-electron chi connectivity index (χ0n) is 8.79. The van der Waals surface area contributed by atoms with Crippen molar-refractivity contribution in [2.45, 2.75) is 31.9 Å². The van der Waals surface area contributed by atoms with E-state index in [4.69, 9.17) is 10.5 Å². The second-order valence-corrected chi connectivity index (χ2v) is 5.27. The van der Waals surface area contributed by atoms with Gasteiger partial charge in [0.1, 0.15) is 11.4 Å². The molecule has 15 heavy (non-hydrogen) atoms. The van der Waals surface area contributed by atoms with Crippen molar-refractivity contribution in [3.8, 4) is 5.75 Å². The van der Waals surface area contributed by atoms with Crippen molar-refractivity contribution in [1.29, 1.82) is 0 Å². The third-order valence-electron chi connectivity index (χ3n) is 2.47. The van der Waals surface area contributed by atoms with Crippen molar-refractivity contribution >= 4 is 28.3 Å². The molecule has 2 nitrogen and oxygen atoms in total. The van der Waals surface area contributed by atoms with Gasteiger partial charge in [0.2, 0.25) is 0 Å². The van der Waals surface area contributed by atoms with E-state index >= 15 is 0 Å². The summed E-state index contributed by atoms with van der Waals surface area (Å²) in [6, 6.07) is 6.09. The van der Waals surface area contributed by atoms with Crippen LogP contribution in [0.25, 0.3) is 0 Å². The molecule has 0 aromatic heterocycles. The number of fused-ring (bicyclic) bond motifs is 1. The summed E-state index contributed by atoms with van der Waals surface area (Å²) >= 11 is 3.43. The second-order valence-electron chi connectivity index (χ2n) is 4.35. The third kappa shape index (κ3) is 2.65. The smallest absolute Gasteiger partial charge is 0.126 e. The van der Waals surface area contributed by atoms with Crippen LogP contribution in [-0.4, -0.2) is 5.60 Å². The third-order valence-corrected chi connectivity index (χ3v) is 2.97. The fourth-order valence-corrected chi connectivity index (χ4v) is 2.22. The van der Waals surface area contributed by atoms with E-state index in [-0.39, 0.29) is 24.0 Å². The molecule has 0 amide bonds. The van der Waals surface area contributed by atoms with Gasteiger partial charge in [-0.3, -0.25) is 0 Å². The highest BCUT2D eigenvalue weighted by Gasteiger charge is 2.31. The van der Waals surface area contributed by atoms with Gasteiger partial charge in [-0.15, -0.1) is 12.4 Å². The van der Waals surface area contributed by atoms with Crippen molar-refractivity contribution < 1.29 is 4.74 Å². The van der Waals surface area contributed by atoms with E-state index in [9.17, 15) is 0 Å². The van der Waals surface area contributed by atoms with Crippen LogP contribution >= 0.6 is 28.3 Å². The highest BCUT2D eigenvalue weighted by Crippen LogP contribution is 2.39. The molecule has 0 fully saturated rings. The number of nitrogens with two attached hydrogens (primary N) is 1. The SMILES string of the molecule is CC1(C)CC(N)c2ccc(Br)cc2O1.Cl. The summed E-state index contributed by atoms with van der Waals surface area (Å²) < 4.78 is 6.89. The van der Waals surface area contributed by atoms with E-state index < -0.39 is 0 Å². The molecule has 1 heterocycles. The number of halogens is 2. The zero-order chi connectivity index (χ0) is 10.3. The molecule has 1 aliphatic heterocycles. The maximum absolute atomic E-state index is 6.08. The Morgan fingerprint density at radius 2 is 2.13 bits per heavy atom. The minimum Gasteiger partial charge on any atom is -0.487 e. The van der Waals surface area contributed by atoms with Crippen LogP contribution in [0.4, 0.5) is 0 Å². The van der Waals surface area contributed by atoms with E-state index in [0.29, 0.717) is 0 Å². The molecule has 0 radical (unpaired) electrons. The Hall–Kier alpha value is -0.250. The van der Waals surface area contributed by atoms with Gasteiger partial charge in [-0.1, -0.05) is 22.0 Å². The standard InChI is InChI=1S/C11H14BrNO.ClH/c1-11(2)6-9(13)8-4-3-7(12)5-10(8)14-11;/h3-5,9H,6,13H2,1-2H3;1H. The molecule has 1 unspecified atom stereocenters. The van der Waals surface area contributed by atoms with Crippen molar-refractivity contribution in [2.24, 2.45) is 5.73 Å². The molecule has 2 rings (SSSR count). The summed E-state index contributed by atoms with van der Waals surface area (Å²) in [5.41, 5.74) is 7.02. The molecule has 1 aliphatic rings. The highest BCUT2D eigenvalue weighted by atomic mass is 79.9. The van der Waals surface area contributed by atoms with Crippen LogP contribution in [0.3, 0.4) is 0 Å². The van der Waals surface area contributed by atoms with Gasteiger partial charge in [-0.05, 0) is 26.0 Å². The van der Waals surface area contributed by atoms with E-state index in [1.807, 2.05) is 18.2 Å². The van der Waals surface area contributed by atoms with Gasteiger partial charge in [-0.2, -0.15) is 0 Å². The van der Waals surface area contributed by atoms with E-state index in [0.717, 1.165) is 22.2 Å². The monoisotopic (exact) mass is 291 g/mol. The Morgan fingerprint density at radius 3 is 2.80 bits per heavy atom. The van der Waals surface area contributed by atoms with Crippen LogP contribution in [0.2, 0.25) is 0 Å². The van der Waals surface area contributed by atoms with E-state index in [2.05, 4.69) is 29.8 Å². The molecular formula is C11H15BrClNO. The normalized spacial score (nSPS) is 22.3. The molecule has 1 aromatic carbocycles.